The zero-order valence-corrected chi connectivity index (χ0v) is 11.7. The maximum absolute atomic E-state index is 11.9. The molecule has 0 saturated heterocycles. The van der Waals surface area contributed by atoms with Crippen LogP contribution < -0.4 is 5.32 Å². The number of carbonyl (C=O) groups excluding carboxylic acids is 1. The van der Waals surface area contributed by atoms with Gasteiger partial charge in [-0.2, -0.15) is 0 Å². The summed E-state index contributed by atoms with van der Waals surface area (Å²) in [6.45, 7) is 0. The van der Waals surface area contributed by atoms with Crippen molar-refractivity contribution in [2.24, 2.45) is 11.8 Å². The molecule has 0 aromatic heterocycles. The number of nitrogens with one attached hydrogen (secondary N) is 1. The summed E-state index contributed by atoms with van der Waals surface area (Å²) in [4.78, 5) is 22.7. The van der Waals surface area contributed by atoms with E-state index in [0.29, 0.717) is 28.0 Å². The van der Waals surface area contributed by atoms with E-state index in [-0.39, 0.29) is 5.91 Å². The van der Waals surface area contributed by atoms with Gasteiger partial charge >= 0.3 is 5.97 Å². The summed E-state index contributed by atoms with van der Waals surface area (Å²) in [5.41, 5.74) is 0.604. The average molecular weight is 333 g/mol. The molecule has 1 aromatic carbocycles. The van der Waals surface area contributed by atoms with Crippen LogP contribution in [0.25, 0.3) is 0 Å². The normalized spacial score (nSPS) is 22.1. The molecule has 2 unspecified atom stereocenters. The Morgan fingerprint density at radius 1 is 1.33 bits per heavy atom. The van der Waals surface area contributed by atoms with Gasteiger partial charge in [0.15, 0.2) is 0 Å². The number of anilines is 1. The summed E-state index contributed by atoms with van der Waals surface area (Å²) in [6.07, 6.45) is 1.19. The van der Waals surface area contributed by atoms with Crippen LogP contribution in [0.3, 0.4) is 0 Å². The van der Waals surface area contributed by atoms with Gasteiger partial charge in [0.25, 0.3) is 0 Å². The highest BCUT2D eigenvalue weighted by atomic mass is 79.9. The molecule has 0 spiro atoms. The SMILES string of the molecule is O=C(O)C1CCC1C(=O)Nc1ccc(Cl)c(Br)c1. The van der Waals surface area contributed by atoms with Gasteiger partial charge < -0.3 is 10.4 Å². The molecule has 1 saturated carbocycles. The molecule has 2 atom stereocenters. The monoisotopic (exact) mass is 331 g/mol. The van der Waals surface area contributed by atoms with E-state index in [4.69, 9.17) is 16.7 Å². The molecule has 4 nitrogen and oxygen atoms in total. The lowest BCUT2D eigenvalue weighted by molar-refractivity contribution is -0.151. The third-order valence-corrected chi connectivity index (χ3v) is 4.33. The highest BCUT2D eigenvalue weighted by Crippen LogP contribution is 2.35. The number of carboxylic acid groups (broad SMARTS) is 1. The predicted octanol–water partition coefficient (Wildman–Crippen LogP) is 3.15. The maximum Gasteiger partial charge on any atom is 0.307 e. The minimum absolute atomic E-state index is 0.247. The Bertz CT molecular complexity index is 506. The van der Waals surface area contributed by atoms with E-state index in [0.717, 1.165) is 0 Å². The van der Waals surface area contributed by atoms with Crippen molar-refractivity contribution in [3.05, 3.63) is 27.7 Å². The van der Waals surface area contributed by atoms with Crippen LogP contribution in [0.4, 0.5) is 5.69 Å². The fourth-order valence-corrected chi connectivity index (χ4v) is 2.41. The summed E-state index contributed by atoms with van der Waals surface area (Å²) < 4.78 is 0.686. The first-order valence-corrected chi connectivity index (χ1v) is 6.65. The zero-order valence-electron chi connectivity index (χ0n) is 9.32. The molecule has 0 bridgehead atoms. The number of hydrogen-bond donors (Lipinski definition) is 2. The third kappa shape index (κ3) is 2.67. The van der Waals surface area contributed by atoms with Crippen LogP contribution in [0.1, 0.15) is 12.8 Å². The van der Waals surface area contributed by atoms with Crippen molar-refractivity contribution in [3.63, 3.8) is 0 Å². The van der Waals surface area contributed by atoms with Crippen LogP contribution in [0.15, 0.2) is 22.7 Å². The highest BCUT2D eigenvalue weighted by molar-refractivity contribution is 9.10. The second-order valence-corrected chi connectivity index (χ2v) is 5.51. The fourth-order valence-electron chi connectivity index (χ4n) is 1.92. The van der Waals surface area contributed by atoms with E-state index in [1.165, 1.54) is 0 Å². The van der Waals surface area contributed by atoms with Gasteiger partial charge in [0.05, 0.1) is 16.9 Å². The standard InChI is InChI=1S/C12H11BrClNO3/c13-9-5-6(1-4-10(9)14)15-11(16)7-2-3-8(7)12(17)18/h1,4-5,7-8H,2-3H2,(H,15,16)(H,17,18). The van der Waals surface area contributed by atoms with Crippen LogP contribution in [0, 0.1) is 11.8 Å². The van der Waals surface area contributed by atoms with Crippen LogP contribution in [0.5, 0.6) is 0 Å². The third-order valence-electron chi connectivity index (χ3n) is 3.12. The molecule has 1 amide bonds. The smallest absolute Gasteiger partial charge is 0.307 e. The predicted molar refractivity (Wildman–Crippen MR) is 71.6 cm³/mol. The first-order chi connectivity index (χ1) is 8.49. The van der Waals surface area contributed by atoms with Crippen LogP contribution in [-0.4, -0.2) is 17.0 Å². The first-order valence-electron chi connectivity index (χ1n) is 5.48. The second-order valence-electron chi connectivity index (χ2n) is 4.25. The molecule has 2 rings (SSSR count). The Kier molecular flexibility index (Phi) is 3.92. The molecular formula is C12H11BrClNO3. The van der Waals surface area contributed by atoms with Crippen LogP contribution in [0.2, 0.25) is 5.02 Å². The Balaban J connectivity index is 2.03. The topological polar surface area (TPSA) is 66.4 Å². The van der Waals surface area contributed by atoms with E-state index in [2.05, 4.69) is 21.2 Å². The molecule has 0 aliphatic heterocycles. The van der Waals surface area contributed by atoms with Gasteiger partial charge in [-0.25, -0.2) is 0 Å². The summed E-state index contributed by atoms with van der Waals surface area (Å²) in [5.74, 6) is -2.14. The molecule has 1 aromatic rings. The fraction of sp³-hybridized carbons (Fsp3) is 0.333. The molecule has 1 fully saturated rings. The number of halogens is 2. The second kappa shape index (κ2) is 5.28. The van der Waals surface area contributed by atoms with Crippen molar-refractivity contribution in [1.29, 1.82) is 0 Å². The molecule has 1 aliphatic carbocycles. The number of carbonyl (C=O) groups is 2. The molecule has 18 heavy (non-hydrogen) atoms. The van der Waals surface area contributed by atoms with E-state index >= 15 is 0 Å². The Labute approximate surface area is 117 Å². The van der Waals surface area contributed by atoms with Crippen molar-refractivity contribution < 1.29 is 14.7 Å². The molecule has 96 valence electrons. The van der Waals surface area contributed by atoms with E-state index in [9.17, 15) is 9.59 Å². The molecule has 6 heteroatoms. The number of aliphatic carboxylic acids is 1. The minimum atomic E-state index is -0.904. The van der Waals surface area contributed by atoms with Gasteiger partial charge in [-0.05, 0) is 47.0 Å². The van der Waals surface area contributed by atoms with E-state index in [1.54, 1.807) is 18.2 Å². The highest BCUT2D eigenvalue weighted by Gasteiger charge is 2.41. The largest absolute Gasteiger partial charge is 0.481 e. The zero-order chi connectivity index (χ0) is 13.3. The minimum Gasteiger partial charge on any atom is -0.481 e. The lowest BCUT2D eigenvalue weighted by Gasteiger charge is -2.31. The van der Waals surface area contributed by atoms with Crippen molar-refractivity contribution in [2.45, 2.75) is 12.8 Å². The number of rotatable bonds is 3. The van der Waals surface area contributed by atoms with Gasteiger partial charge in [0.2, 0.25) is 5.91 Å². The quantitative estimate of drug-likeness (QED) is 0.893. The number of hydrogen-bond acceptors (Lipinski definition) is 2. The van der Waals surface area contributed by atoms with Crippen molar-refractivity contribution in [2.75, 3.05) is 5.32 Å². The summed E-state index contributed by atoms with van der Waals surface area (Å²) >= 11 is 9.11. The molecule has 2 N–H and O–H groups in total. The van der Waals surface area contributed by atoms with Crippen LogP contribution in [-0.2, 0) is 9.59 Å². The number of benzene rings is 1. The number of carboxylic acids is 1. The molecular weight excluding hydrogens is 321 g/mol. The van der Waals surface area contributed by atoms with E-state index in [1.807, 2.05) is 0 Å². The summed E-state index contributed by atoms with van der Waals surface area (Å²) in [6, 6.07) is 5.03. The van der Waals surface area contributed by atoms with Gasteiger partial charge in [0, 0.05) is 10.2 Å². The van der Waals surface area contributed by atoms with E-state index < -0.39 is 17.8 Å². The lowest BCUT2D eigenvalue weighted by Crippen LogP contribution is -2.41. The maximum atomic E-state index is 11.9. The van der Waals surface area contributed by atoms with Gasteiger partial charge in [0.1, 0.15) is 0 Å². The molecule has 0 radical (unpaired) electrons. The number of amides is 1. The van der Waals surface area contributed by atoms with Crippen molar-refractivity contribution in [1.82, 2.24) is 0 Å². The summed E-state index contributed by atoms with van der Waals surface area (Å²) in [7, 11) is 0. The molecule has 0 heterocycles. The first kappa shape index (κ1) is 13.4. The van der Waals surface area contributed by atoms with Crippen LogP contribution >= 0.6 is 27.5 Å². The average Bonchev–Trinajstić information content (AvgIpc) is 2.20. The Morgan fingerprint density at radius 3 is 2.50 bits per heavy atom. The Morgan fingerprint density at radius 2 is 2.00 bits per heavy atom. The van der Waals surface area contributed by atoms with Gasteiger partial charge in [-0.3, -0.25) is 9.59 Å². The van der Waals surface area contributed by atoms with Crippen molar-refractivity contribution in [3.8, 4) is 0 Å². The summed E-state index contributed by atoms with van der Waals surface area (Å²) in [5, 5.41) is 12.2. The Hall–Kier alpha value is -1.07. The van der Waals surface area contributed by atoms with Crippen molar-refractivity contribution >= 4 is 45.1 Å². The lowest BCUT2D eigenvalue weighted by atomic mass is 9.73. The van der Waals surface area contributed by atoms with Gasteiger partial charge in [-0.15, -0.1) is 0 Å². The van der Waals surface area contributed by atoms with Gasteiger partial charge in [-0.1, -0.05) is 11.6 Å². The molecule has 1 aliphatic rings.